The molecule has 8 nitrogen and oxygen atoms in total. The molecule has 8 heteroatoms. The fourth-order valence-corrected chi connectivity index (χ4v) is 1.60. The van der Waals surface area contributed by atoms with E-state index in [1.165, 1.54) is 13.1 Å². The molecule has 0 aliphatic rings. The molecule has 2 atom stereocenters. The Kier molecular flexibility index (Phi) is 5.42. The number of aliphatic hydroxyl groups is 2. The lowest BCUT2D eigenvalue weighted by molar-refractivity contribution is -0.119. The molecule has 0 saturated carbocycles. The van der Waals surface area contributed by atoms with Crippen LogP contribution >= 0.6 is 0 Å². The Morgan fingerprint density at radius 2 is 2.10 bits per heavy atom. The highest BCUT2D eigenvalue weighted by atomic mass is 16.4. The third-order valence-corrected chi connectivity index (χ3v) is 2.69. The lowest BCUT2D eigenvalue weighted by atomic mass is 10.0. The fourth-order valence-electron chi connectivity index (χ4n) is 1.60. The minimum absolute atomic E-state index is 0.119. The zero-order valence-corrected chi connectivity index (χ0v) is 10.9. The summed E-state index contributed by atoms with van der Waals surface area (Å²) in [7, 11) is 0. The van der Waals surface area contributed by atoms with Crippen molar-refractivity contribution in [2.75, 3.05) is 12.3 Å². The van der Waals surface area contributed by atoms with Crippen LogP contribution in [0.5, 0.6) is 0 Å². The highest BCUT2D eigenvalue weighted by Crippen LogP contribution is 2.21. The van der Waals surface area contributed by atoms with Gasteiger partial charge in [-0.05, 0) is 12.5 Å². The maximum Gasteiger partial charge on any atom is 0.339 e. The Bertz CT molecular complexity index is 506. The van der Waals surface area contributed by atoms with Crippen LogP contribution in [0.15, 0.2) is 12.3 Å². The molecule has 0 radical (unpaired) electrons. The minimum atomic E-state index is -1.31. The van der Waals surface area contributed by atoms with E-state index in [0.29, 0.717) is 0 Å². The van der Waals surface area contributed by atoms with E-state index >= 15 is 0 Å². The molecule has 0 fully saturated rings. The van der Waals surface area contributed by atoms with Crippen LogP contribution in [0, 0.1) is 0 Å². The second-order valence-electron chi connectivity index (χ2n) is 4.29. The molecule has 1 aromatic rings. The largest absolute Gasteiger partial charge is 0.478 e. The average Bonchev–Trinajstić information content (AvgIpc) is 2.37. The van der Waals surface area contributed by atoms with E-state index in [-0.39, 0.29) is 35.8 Å². The van der Waals surface area contributed by atoms with Gasteiger partial charge in [-0.1, -0.05) is 0 Å². The van der Waals surface area contributed by atoms with E-state index < -0.39 is 18.2 Å². The number of nitrogens with zero attached hydrogens (tertiary/aromatic N) is 1. The molecule has 2 unspecified atom stereocenters. The third-order valence-electron chi connectivity index (χ3n) is 2.69. The second kappa shape index (κ2) is 6.83. The molecule has 0 saturated heterocycles. The van der Waals surface area contributed by atoms with Gasteiger partial charge in [-0.3, -0.25) is 4.79 Å². The normalized spacial score (nSPS) is 13.6. The molecule has 110 valence electrons. The molecule has 0 spiro atoms. The number of carboxylic acids is 1. The molecule has 20 heavy (non-hydrogen) atoms. The number of aromatic carboxylic acids is 1. The molecule has 1 rings (SSSR count). The molecule has 1 amide bonds. The van der Waals surface area contributed by atoms with Crippen LogP contribution in [0.2, 0.25) is 0 Å². The number of rotatable bonds is 6. The van der Waals surface area contributed by atoms with Crippen LogP contribution in [0.1, 0.15) is 35.4 Å². The summed E-state index contributed by atoms with van der Waals surface area (Å²) in [5, 5.41) is 31.1. The van der Waals surface area contributed by atoms with Gasteiger partial charge in [-0.15, -0.1) is 0 Å². The van der Waals surface area contributed by atoms with Gasteiger partial charge < -0.3 is 26.4 Å². The van der Waals surface area contributed by atoms with Crippen molar-refractivity contribution in [3.8, 4) is 0 Å². The van der Waals surface area contributed by atoms with Gasteiger partial charge in [0.2, 0.25) is 5.91 Å². The molecule has 0 aliphatic heterocycles. The van der Waals surface area contributed by atoms with Crippen molar-refractivity contribution in [3.63, 3.8) is 0 Å². The van der Waals surface area contributed by atoms with Crippen molar-refractivity contribution >= 4 is 17.7 Å². The summed E-state index contributed by atoms with van der Waals surface area (Å²) in [4.78, 5) is 25.2. The Balaban J connectivity index is 2.76. The highest BCUT2D eigenvalue weighted by Gasteiger charge is 2.21. The molecule has 1 aromatic heterocycles. The van der Waals surface area contributed by atoms with Crippen LogP contribution in [0.4, 0.5) is 5.82 Å². The number of pyridine rings is 1. The quantitative estimate of drug-likeness (QED) is 0.463. The zero-order chi connectivity index (χ0) is 15.3. The summed E-state index contributed by atoms with van der Waals surface area (Å²) >= 11 is 0. The molecule has 0 bridgehead atoms. The Hall–Kier alpha value is -2.19. The van der Waals surface area contributed by atoms with Gasteiger partial charge in [0.25, 0.3) is 0 Å². The molecule has 0 aromatic carbocycles. The highest BCUT2D eigenvalue weighted by molar-refractivity contribution is 5.92. The molecule has 0 aliphatic carbocycles. The van der Waals surface area contributed by atoms with Crippen LogP contribution in [0.3, 0.4) is 0 Å². The topological polar surface area (TPSA) is 146 Å². The first-order chi connectivity index (χ1) is 9.32. The number of aliphatic hydroxyl groups excluding tert-OH is 2. The Labute approximate surface area is 115 Å². The number of hydrogen-bond acceptors (Lipinski definition) is 6. The number of carbonyl (C=O) groups excluding carboxylic acids is 1. The number of aromatic nitrogens is 1. The van der Waals surface area contributed by atoms with Crippen molar-refractivity contribution in [3.05, 3.63) is 23.4 Å². The summed E-state index contributed by atoms with van der Waals surface area (Å²) in [5.74, 6) is -1.67. The maximum absolute atomic E-state index is 10.9. The Morgan fingerprint density at radius 1 is 1.45 bits per heavy atom. The number of hydrogen-bond donors (Lipinski definition) is 5. The predicted octanol–water partition coefficient (Wildman–Crippen LogP) is -0.717. The summed E-state index contributed by atoms with van der Waals surface area (Å²) in [6.45, 7) is 1.54. The third kappa shape index (κ3) is 4.18. The van der Waals surface area contributed by atoms with Gasteiger partial charge in [0.1, 0.15) is 17.5 Å². The maximum atomic E-state index is 10.9. The molecule has 1 heterocycles. The summed E-state index contributed by atoms with van der Waals surface area (Å²) in [5.41, 5.74) is 5.30. The van der Waals surface area contributed by atoms with E-state index in [2.05, 4.69) is 10.3 Å². The first-order valence-electron chi connectivity index (χ1n) is 5.92. The number of nitrogen functional groups attached to an aromatic ring is 1. The number of nitrogens with two attached hydrogens (primary N) is 1. The van der Waals surface area contributed by atoms with Crippen molar-refractivity contribution < 1.29 is 24.9 Å². The average molecular weight is 283 g/mol. The van der Waals surface area contributed by atoms with Gasteiger partial charge in [-0.25, -0.2) is 9.78 Å². The first-order valence-corrected chi connectivity index (χ1v) is 5.92. The predicted molar refractivity (Wildman–Crippen MR) is 69.9 cm³/mol. The van der Waals surface area contributed by atoms with Crippen molar-refractivity contribution in [2.24, 2.45) is 0 Å². The summed E-state index contributed by atoms with van der Waals surface area (Å²) in [6, 6.07) is 1.16. The molecule has 6 N–H and O–H groups in total. The summed E-state index contributed by atoms with van der Waals surface area (Å²) in [6.07, 6.45) is -1.15. The Morgan fingerprint density at radius 3 is 2.65 bits per heavy atom. The number of carbonyl (C=O) groups is 2. The number of nitrogens with one attached hydrogen (secondary N) is 1. The zero-order valence-electron chi connectivity index (χ0n) is 10.9. The fraction of sp³-hybridized carbons (Fsp3) is 0.417. The van der Waals surface area contributed by atoms with Crippen molar-refractivity contribution in [2.45, 2.75) is 25.6 Å². The second-order valence-corrected chi connectivity index (χ2v) is 4.29. The van der Waals surface area contributed by atoms with Gasteiger partial charge in [0, 0.05) is 25.2 Å². The van der Waals surface area contributed by atoms with Crippen molar-refractivity contribution in [1.29, 1.82) is 0 Å². The number of anilines is 1. The molecular formula is C12H17N3O5. The SMILES string of the molecule is CC(=O)NCCC(O)C(O)c1cnc(N)c(C(=O)O)c1. The van der Waals surface area contributed by atoms with Crippen LogP contribution in [-0.4, -0.2) is 44.8 Å². The van der Waals surface area contributed by atoms with Crippen molar-refractivity contribution in [1.82, 2.24) is 10.3 Å². The van der Waals surface area contributed by atoms with E-state index in [4.69, 9.17) is 10.8 Å². The van der Waals surface area contributed by atoms with E-state index in [9.17, 15) is 19.8 Å². The van der Waals surface area contributed by atoms with E-state index in [1.807, 2.05) is 0 Å². The summed E-state index contributed by atoms with van der Waals surface area (Å²) < 4.78 is 0. The van der Waals surface area contributed by atoms with Gasteiger partial charge >= 0.3 is 5.97 Å². The lowest BCUT2D eigenvalue weighted by Crippen LogP contribution is -2.27. The lowest BCUT2D eigenvalue weighted by Gasteiger charge is -2.18. The smallest absolute Gasteiger partial charge is 0.339 e. The van der Waals surface area contributed by atoms with Crippen LogP contribution < -0.4 is 11.1 Å². The standard InChI is InChI=1S/C12H17N3O5/c1-6(16)14-3-2-9(17)10(18)7-4-8(12(19)20)11(13)15-5-7/h4-5,9-10,17-18H,2-3H2,1H3,(H2,13,15)(H,14,16)(H,19,20). The van der Waals surface area contributed by atoms with Gasteiger partial charge in [-0.2, -0.15) is 0 Å². The van der Waals surface area contributed by atoms with E-state index in [0.717, 1.165) is 6.07 Å². The minimum Gasteiger partial charge on any atom is -0.478 e. The first kappa shape index (κ1) is 15.9. The van der Waals surface area contributed by atoms with Crippen LogP contribution in [0.25, 0.3) is 0 Å². The number of amides is 1. The molecular weight excluding hydrogens is 266 g/mol. The van der Waals surface area contributed by atoms with Gasteiger partial charge in [0.15, 0.2) is 0 Å². The monoisotopic (exact) mass is 283 g/mol. The number of carboxylic acid groups (broad SMARTS) is 1. The van der Waals surface area contributed by atoms with E-state index in [1.54, 1.807) is 0 Å². The van der Waals surface area contributed by atoms with Crippen LogP contribution in [-0.2, 0) is 4.79 Å². The van der Waals surface area contributed by atoms with Gasteiger partial charge in [0.05, 0.1) is 6.10 Å².